The molecule has 2 aromatic rings. The molecule has 1 fully saturated rings. The summed E-state index contributed by atoms with van der Waals surface area (Å²) in [6.07, 6.45) is 0.492. The van der Waals surface area contributed by atoms with Gasteiger partial charge >= 0.3 is 0 Å². The zero-order valence-corrected chi connectivity index (χ0v) is 15.8. The molecule has 1 saturated heterocycles. The molecule has 3 amide bonds. The maximum absolute atomic E-state index is 12.1. The molecule has 27 heavy (non-hydrogen) atoms. The number of likely N-dealkylation sites (tertiary alicyclic amines) is 1. The number of thiazole rings is 1. The number of hydrogen-bond donors (Lipinski definition) is 1. The van der Waals surface area contributed by atoms with Gasteiger partial charge in [0.25, 0.3) is 0 Å². The van der Waals surface area contributed by atoms with Gasteiger partial charge in [0.15, 0.2) is 16.6 Å². The number of amides is 3. The Morgan fingerprint density at radius 2 is 1.89 bits per heavy atom. The molecule has 1 aliphatic rings. The molecule has 0 aliphatic carbocycles. The van der Waals surface area contributed by atoms with E-state index in [1.807, 2.05) is 17.5 Å². The summed E-state index contributed by atoms with van der Waals surface area (Å²) in [6, 6.07) is 5.45. The van der Waals surface area contributed by atoms with Crippen LogP contribution in [0.4, 0.5) is 5.13 Å². The van der Waals surface area contributed by atoms with E-state index >= 15 is 0 Å². The minimum absolute atomic E-state index is 0.0444. The van der Waals surface area contributed by atoms with E-state index in [1.165, 1.54) is 11.3 Å². The molecule has 1 aliphatic heterocycles. The number of methoxy groups -OCH3 is 2. The van der Waals surface area contributed by atoms with Crippen LogP contribution in [-0.2, 0) is 14.4 Å². The molecule has 0 saturated carbocycles. The van der Waals surface area contributed by atoms with E-state index < -0.39 is 0 Å². The van der Waals surface area contributed by atoms with Gasteiger partial charge in [0.1, 0.15) is 0 Å². The molecule has 0 spiro atoms. The highest BCUT2D eigenvalue weighted by molar-refractivity contribution is 7.14. The smallest absolute Gasteiger partial charge is 0.229 e. The van der Waals surface area contributed by atoms with Crippen LogP contribution in [0.2, 0.25) is 0 Å². The summed E-state index contributed by atoms with van der Waals surface area (Å²) in [5.41, 5.74) is 1.53. The number of carbonyl (C=O) groups is 3. The second kappa shape index (κ2) is 8.17. The largest absolute Gasteiger partial charge is 0.493 e. The van der Waals surface area contributed by atoms with Crippen LogP contribution >= 0.6 is 11.3 Å². The molecule has 9 heteroatoms. The van der Waals surface area contributed by atoms with Crippen molar-refractivity contribution in [2.75, 3.05) is 26.1 Å². The molecule has 0 radical (unpaired) electrons. The van der Waals surface area contributed by atoms with Crippen molar-refractivity contribution in [2.45, 2.75) is 19.3 Å². The fourth-order valence-corrected chi connectivity index (χ4v) is 3.46. The second-order valence-corrected chi connectivity index (χ2v) is 6.70. The molecule has 8 nitrogen and oxygen atoms in total. The average molecular weight is 389 g/mol. The van der Waals surface area contributed by atoms with Gasteiger partial charge in [0, 0.05) is 36.8 Å². The van der Waals surface area contributed by atoms with Crippen molar-refractivity contribution in [3.63, 3.8) is 0 Å². The van der Waals surface area contributed by atoms with E-state index in [0.717, 1.165) is 10.5 Å². The highest BCUT2D eigenvalue weighted by Crippen LogP contribution is 2.33. The van der Waals surface area contributed by atoms with Gasteiger partial charge in [-0.1, -0.05) is 0 Å². The first-order valence-electron chi connectivity index (χ1n) is 8.32. The van der Waals surface area contributed by atoms with Gasteiger partial charge in [-0.25, -0.2) is 4.98 Å². The van der Waals surface area contributed by atoms with Crippen molar-refractivity contribution in [1.29, 1.82) is 0 Å². The Labute approximate surface area is 160 Å². The van der Waals surface area contributed by atoms with Crippen molar-refractivity contribution >= 4 is 34.2 Å². The van der Waals surface area contributed by atoms with E-state index in [9.17, 15) is 14.4 Å². The molecular weight excluding hydrogens is 370 g/mol. The summed E-state index contributed by atoms with van der Waals surface area (Å²) in [6.45, 7) is 0.0947. The first kappa shape index (κ1) is 18.8. The molecule has 0 atom stereocenters. The van der Waals surface area contributed by atoms with Gasteiger partial charge in [-0.3, -0.25) is 19.3 Å². The van der Waals surface area contributed by atoms with E-state index in [2.05, 4.69) is 10.3 Å². The SMILES string of the molecule is COc1ccc(-c2csc(NC(=O)CCN3C(=O)CCC3=O)n2)cc1OC. The monoisotopic (exact) mass is 389 g/mol. The zero-order chi connectivity index (χ0) is 19.4. The second-order valence-electron chi connectivity index (χ2n) is 5.84. The first-order valence-corrected chi connectivity index (χ1v) is 9.20. The van der Waals surface area contributed by atoms with Gasteiger partial charge in [-0.05, 0) is 18.2 Å². The maximum Gasteiger partial charge on any atom is 0.229 e. The number of imide groups is 1. The summed E-state index contributed by atoms with van der Waals surface area (Å²) in [5.74, 6) is 0.468. The lowest BCUT2D eigenvalue weighted by molar-refractivity contribution is -0.138. The van der Waals surface area contributed by atoms with E-state index in [4.69, 9.17) is 9.47 Å². The highest BCUT2D eigenvalue weighted by Gasteiger charge is 2.28. The van der Waals surface area contributed by atoms with E-state index in [-0.39, 0.29) is 43.5 Å². The van der Waals surface area contributed by atoms with Crippen molar-refractivity contribution in [1.82, 2.24) is 9.88 Å². The number of ether oxygens (including phenoxy) is 2. The Morgan fingerprint density at radius 3 is 2.56 bits per heavy atom. The topological polar surface area (TPSA) is 97.8 Å². The van der Waals surface area contributed by atoms with Crippen molar-refractivity contribution in [3.8, 4) is 22.8 Å². The van der Waals surface area contributed by atoms with Gasteiger partial charge in [-0.2, -0.15) is 0 Å². The van der Waals surface area contributed by atoms with E-state index in [1.54, 1.807) is 20.3 Å². The van der Waals surface area contributed by atoms with Gasteiger partial charge < -0.3 is 14.8 Å². The van der Waals surface area contributed by atoms with E-state index in [0.29, 0.717) is 22.3 Å². The quantitative estimate of drug-likeness (QED) is 0.730. The number of benzene rings is 1. The fraction of sp³-hybridized carbons (Fsp3) is 0.333. The van der Waals surface area contributed by atoms with Crippen LogP contribution in [0.25, 0.3) is 11.3 Å². The number of aromatic nitrogens is 1. The standard InChI is InChI=1S/C18H19N3O5S/c1-25-13-4-3-11(9-14(13)26-2)12-10-27-18(19-12)20-15(22)7-8-21-16(23)5-6-17(21)24/h3-4,9-10H,5-8H2,1-2H3,(H,19,20,22). The van der Waals surface area contributed by atoms with Crippen LogP contribution < -0.4 is 14.8 Å². The number of nitrogens with zero attached hydrogens (tertiary/aromatic N) is 2. The molecule has 0 bridgehead atoms. The highest BCUT2D eigenvalue weighted by atomic mass is 32.1. The Hall–Kier alpha value is -2.94. The Bertz CT molecular complexity index is 864. The summed E-state index contributed by atoms with van der Waals surface area (Å²) in [5, 5.41) is 4.97. The summed E-state index contributed by atoms with van der Waals surface area (Å²) in [4.78, 5) is 40.7. The minimum Gasteiger partial charge on any atom is -0.493 e. The number of carbonyl (C=O) groups excluding carboxylic acids is 3. The number of rotatable bonds is 7. The lowest BCUT2D eigenvalue weighted by Gasteiger charge is -2.12. The van der Waals surface area contributed by atoms with Gasteiger partial charge in [-0.15, -0.1) is 11.3 Å². The predicted octanol–water partition coefficient (Wildman–Crippen LogP) is 2.30. The third-order valence-corrected chi connectivity index (χ3v) is 4.90. The van der Waals surface area contributed by atoms with Crippen LogP contribution in [0.3, 0.4) is 0 Å². The van der Waals surface area contributed by atoms with Crippen LogP contribution in [0.15, 0.2) is 23.6 Å². The predicted molar refractivity (Wildman–Crippen MR) is 99.9 cm³/mol. The van der Waals surface area contributed by atoms with Gasteiger partial charge in [0.05, 0.1) is 19.9 Å². The third-order valence-electron chi connectivity index (χ3n) is 4.15. The normalized spacial score (nSPS) is 13.8. The van der Waals surface area contributed by atoms with Crippen LogP contribution in [0.1, 0.15) is 19.3 Å². The third kappa shape index (κ3) is 4.25. The lowest BCUT2D eigenvalue weighted by Crippen LogP contribution is -2.32. The van der Waals surface area contributed by atoms with Crippen molar-refractivity contribution in [2.24, 2.45) is 0 Å². The van der Waals surface area contributed by atoms with Crippen molar-refractivity contribution in [3.05, 3.63) is 23.6 Å². The molecule has 142 valence electrons. The van der Waals surface area contributed by atoms with Crippen LogP contribution in [0.5, 0.6) is 11.5 Å². The Kier molecular flexibility index (Phi) is 5.70. The molecule has 1 aromatic heterocycles. The first-order chi connectivity index (χ1) is 13.0. The van der Waals surface area contributed by atoms with Gasteiger partial charge in [0.2, 0.25) is 17.7 Å². The van der Waals surface area contributed by atoms with Crippen molar-refractivity contribution < 1.29 is 23.9 Å². The molecule has 1 aromatic carbocycles. The van der Waals surface area contributed by atoms with Crippen LogP contribution in [0, 0.1) is 0 Å². The Morgan fingerprint density at radius 1 is 1.19 bits per heavy atom. The summed E-state index contributed by atoms with van der Waals surface area (Å²) < 4.78 is 10.5. The maximum atomic E-state index is 12.1. The molecule has 1 N–H and O–H groups in total. The molecule has 3 rings (SSSR count). The summed E-state index contributed by atoms with van der Waals surface area (Å²) >= 11 is 1.29. The molecule has 2 heterocycles. The number of nitrogens with one attached hydrogen (secondary N) is 1. The number of hydrogen-bond acceptors (Lipinski definition) is 7. The van der Waals surface area contributed by atoms with Crippen LogP contribution in [-0.4, -0.2) is 48.4 Å². The fourth-order valence-electron chi connectivity index (χ4n) is 2.73. The molecular formula is C18H19N3O5S. The average Bonchev–Trinajstić information content (AvgIpc) is 3.26. The summed E-state index contributed by atoms with van der Waals surface area (Å²) in [7, 11) is 3.13. The minimum atomic E-state index is -0.296. The Balaban J connectivity index is 1.61. The number of anilines is 1. The lowest BCUT2D eigenvalue weighted by atomic mass is 10.1. The zero-order valence-electron chi connectivity index (χ0n) is 15.0. The molecule has 0 unspecified atom stereocenters.